The van der Waals surface area contributed by atoms with Crippen LogP contribution in [-0.2, 0) is 0 Å². The molecule has 0 amide bonds. The summed E-state index contributed by atoms with van der Waals surface area (Å²) in [5.74, 6) is -0.571. The molecule has 1 heterocycles. The van der Waals surface area contributed by atoms with Gasteiger partial charge in [0, 0.05) is 5.02 Å². The average molecular weight is 346 g/mol. The average Bonchev–Trinajstić information content (AvgIpc) is 2.89. The molecule has 24 heavy (non-hydrogen) atoms. The van der Waals surface area contributed by atoms with Crippen LogP contribution in [0.15, 0.2) is 53.5 Å². The van der Waals surface area contributed by atoms with E-state index in [-0.39, 0.29) is 5.49 Å². The molecular formula is C15H12ClN5O3. The van der Waals surface area contributed by atoms with E-state index in [1.807, 2.05) is 6.92 Å². The van der Waals surface area contributed by atoms with Gasteiger partial charge in [-0.2, -0.15) is 0 Å². The van der Waals surface area contributed by atoms with Crippen molar-refractivity contribution in [3.63, 3.8) is 0 Å². The second-order valence-electron chi connectivity index (χ2n) is 4.96. The van der Waals surface area contributed by atoms with E-state index < -0.39 is 10.7 Å². The summed E-state index contributed by atoms with van der Waals surface area (Å²) in [6.07, 6.45) is 0. The number of aryl methyl sites for hydroxylation is 1. The maximum Gasteiger partial charge on any atom is 0.438 e. The van der Waals surface area contributed by atoms with Crippen molar-refractivity contribution in [1.82, 2.24) is 14.7 Å². The maximum absolute atomic E-state index is 11.2. The van der Waals surface area contributed by atoms with Crippen LogP contribution in [0.2, 0.25) is 5.02 Å². The molecule has 3 aromatic rings. The quantitative estimate of drug-likeness (QED) is 0.448. The van der Waals surface area contributed by atoms with Gasteiger partial charge in [0.25, 0.3) is 5.49 Å². The Balaban J connectivity index is 2.23. The molecule has 0 atom stereocenters. The molecule has 1 N–H and O–H groups in total. The largest absolute Gasteiger partial charge is 0.438 e. The number of benzene rings is 2. The molecular weight excluding hydrogens is 334 g/mol. The van der Waals surface area contributed by atoms with Crippen LogP contribution in [0, 0.1) is 17.0 Å². The van der Waals surface area contributed by atoms with Crippen LogP contribution >= 0.6 is 11.6 Å². The van der Waals surface area contributed by atoms with Crippen LogP contribution in [0.5, 0.6) is 0 Å². The van der Waals surface area contributed by atoms with Crippen molar-refractivity contribution in [3.05, 3.63) is 74.7 Å². The first kappa shape index (κ1) is 15.8. The Morgan fingerprint density at radius 2 is 1.96 bits per heavy atom. The summed E-state index contributed by atoms with van der Waals surface area (Å²) in [5, 5.41) is 25.8. The predicted octanol–water partition coefficient (Wildman–Crippen LogP) is 3.01. The highest BCUT2D eigenvalue weighted by molar-refractivity contribution is 6.31. The van der Waals surface area contributed by atoms with Gasteiger partial charge in [-0.25, -0.2) is 4.99 Å². The van der Waals surface area contributed by atoms with Gasteiger partial charge >= 0.3 is 5.82 Å². The lowest BCUT2D eigenvalue weighted by Crippen LogP contribution is -2.21. The lowest BCUT2D eigenvalue weighted by molar-refractivity contribution is -0.391. The van der Waals surface area contributed by atoms with Crippen LogP contribution in [0.3, 0.4) is 0 Å². The minimum Gasteiger partial charge on any atom is -0.409 e. The molecule has 0 aliphatic heterocycles. The van der Waals surface area contributed by atoms with Crippen molar-refractivity contribution < 1.29 is 10.1 Å². The summed E-state index contributed by atoms with van der Waals surface area (Å²) in [6, 6.07) is 13.5. The smallest absolute Gasteiger partial charge is 0.409 e. The Bertz CT molecular complexity index is 979. The molecule has 0 saturated heterocycles. The van der Waals surface area contributed by atoms with Gasteiger partial charge in [-0.3, -0.25) is 0 Å². The van der Waals surface area contributed by atoms with Crippen molar-refractivity contribution in [3.8, 4) is 5.69 Å². The van der Waals surface area contributed by atoms with Gasteiger partial charge in [0.15, 0.2) is 0 Å². The first-order valence-corrected chi connectivity index (χ1v) is 7.27. The van der Waals surface area contributed by atoms with E-state index >= 15 is 0 Å². The SMILES string of the molecule is Cc1ccc(N=c2c([N+](=O)[O-])nn(-c3ccccc3)n2O)cc1Cl. The van der Waals surface area contributed by atoms with E-state index in [1.165, 1.54) is 0 Å². The Kier molecular flexibility index (Phi) is 4.05. The molecule has 0 spiro atoms. The highest BCUT2D eigenvalue weighted by Gasteiger charge is 2.24. The molecule has 0 aliphatic rings. The molecule has 0 unspecified atom stereocenters. The molecule has 0 fully saturated rings. The summed E-state index contributed by atoms with van der Waals surface area (Å²) >= 11 is 6.04. The number of nitrogens with zero attached hydrogens (tertiary/aromatic N) is 5. The molecule has 0 radical (unpaired) electrons. The normalized spacial score (nSPS) is 11.7. The first-order chi connectivity index (χ1) is 11.5. The summed E-state index contributed by atoms with van der Waals surface area (Å²) < 4.78 is 0. The zero-order valence-corrected chi connectivity index (χ0v) is 13.3. The second kappa shape index (κ2) is 6.17. The second-order valence-corrected chi connectivity index (χ2v) is 5.37. The zero-order chi connectivity index (χ0) is 17.3. The van der Waals surface area contributed by atoms with E-state index in [2.05, 4.69) is 10.1 Å². The fourth-order valence-electron chi connectivity index (χ4n) is 2.07. The first-order valence-electron chi connectivity index (χ1n) is 6.89. The standard InChI is InChI=1S/C15H12ClN5O3/c1-10-7-8-11(9-13(10)16)17-14-15(21(23)24)18-19(20(14)22)12-5-3-2-4-6-12/h2-9,22H,1H3. The predicted molar refractivity (Wildman–Crippen MR) is 86.8 cm³/mol. The van der Waals surface area contributed by atoms with Crippen molar-refractivity contribution >= 4 is 23.1 Å². The maximum atomic E-state index is 11.2. The number of aromatic nitrogens is 3. The Hall–Kier alpha value is -3.13. The number of hydrogen-bond acceptors (Lipinski definition) is 5. The van der Waals surface area contributed by atoms with Gasteiger partial charge in [0.05, 0.1) is 10.8 Å². The Morgan fingerprint density at radius 3 is 2.58 bits per heavy atom. The zero-order valence-electron chi connectivity index (χ0n) is 12.5. The van der Waals surface area contributed by atoms with Crippen LogP contribution in [0.1, 0.15) is 5.56 Å². The number of hydrogen-bond donors (Lipinski definition) is 1. The van der Waals surface area contributed by atoms with E-state index in [0.717, 1.165) is 10.4 Å². The minimum atomic E-state index is -0.708. The third-order valence-electron chi connectivity index (χ3n) is 3.31. The van der Waals surface area contributed by atoms with Crippen LogP contribution in [0.4, 0.5) is 11.5 Å². The van der Waals surface area contributed by atoms with Crippen LogP contribution in [0.25, 0.3) is 5.69 Å². The van der Waals surface area contributed by atoms with Crippen LogP contribution < -0.4 is 5.49 Å². The molecule has 9 heteroatoms. The minimum absolute atomic E-state index is 0.302. The van der Waals surface area contributed by atoms with Crippen molar-refractivity contribution in [2.24, 2.45) is 4.99 Å². The van der Waals surface area contributed by atoms with Gasteiger partial charge in [-0.15, -0.1) is 0 Å². The molecule has 3 rings (SSSR count). The molecule has 0 aliphatic carbocycles. The van der Waals surface area contributed by atoms with E-state index in [4.69, 9.17) is 11.6 Å². The number of nitro groups is 1. The molecule has 122 valence electrons. The summed E-state index contributed by atoms with van der Waals surface area (Å²) in [7, 11) is 0. The van der Waals surface area contributed by atoms with Crippen molar-refractivity contribution in [1.29, 1.82) is 0 Å². The van der Waals surface area contributed by atoms with Crippen LogP contribution in [-0.4, -0.2) is 24.9 Å². The molecule has 0 saturated carbocycles. The third-order valence-corrected chi connectivity index (χ3v) is 3.72. The summed E-state index contributed by atoms with van der Waals surface area (Å²) in [4.78, 5) is 16.2. The lowest BCUT2D eigenvalue weighted by atomic mass is 10.2. The Labute approximate surface area is 141 Å². The fraction of sp³-hybridized carbons (Fsp3) is 0.0667. The topological polar surface area (TPSA) is 98.5 Å². The third kappa shape index (κ3) is 2.86. The highest BCUT2D eigenvalue weighted by Crippen LogP contribution is 2.22. The molecule has 8 nitrogen and oxygen atoms in total. The Morgan fingerprint density at radius 1 is 1.25 bits per heavy atom. The summed E-state index contributed by atoms with van der Waals surface area (Å²) in [5.41, 5.74) is 1.36. The number of rotatable bonds is 3. The molecule has 2 aromatic carbocycles. The van der Waals surface area contributed by atoms with Gasteiger partial charge in [-0.1, -0.05) is 40.7 Å². The van der Waals surface area contributed by atoms with E-state index in [0.29, 0.717) is 21.2 Å². The molecule has 1 aromatic heterocycles. The van der Waals surface area contributed by atoms with Gasteiger partial charge in [0.1, 0.15) is 5.69 Å². The lowest BCUT2D eigenvalue weighted by Gasteiger charge is -2.00. The monoisotopic (exact) mass is 345 g/mol. The van der Waals surface area contributed by atoms with Gasteiger partial charge in [-0.05, 0) is 46.5 Å². The van der Waals surface area contributed by atoms with E-state index in [1.54, 1.807) is 48.5 Å². The van der Waals surface area contributed by atoms with Gasteiger partial charge < -0.3 is 15.3 Å². The fourth-order valence-corrected chi connectivity index (χ4v) is 2.25. The molecule has 0 bridgehead atoms. The highest BCUT2D eigenvalue weighted by atomic mass is 35.5. The van der Waals surface area contributed by atoms with Crippen molar-refractivity contribution in [2.75, 3.05) is 0 Å². The number of para-hydroxylation sites is 1. The number of halogens is 1. The van der Waals surface area contributed by atoms with Gasteiger partial charge in [0.2, 0.25) is 0 Å². The van der Waals surface area contributed by atoms with Crippen molar-refractivity contribution in [2.45, 2.75) is 6.92 Å². The summed E-state index contributed by atoms with van der Waals surface area (Å²) in [6.45, 7) is 1.83. The van der Waals surface area contributed by atoms with E-state index in [9.17, 15) is 15.3 Å².